The molecule has 3 heterocycles. The van der Waals surface area contributed by atoms with Crippen LogP contribution < -0.4 is 0 Å². The fraction of sp³-hybridized carbons (Fsp3) is 0.294. The molecule has 0 saturated heterocycles. The smallest absolute Gasteiger partial charge is 0.261 e. The molecule has 0 fully saturated rings. The number of hydrogen-bond donors (Lipinski definition) is 0. The zero-order valence-corrected chi connectivity index (χ0v) is 15.4. The van der Waals surface area contributed by atoms with Gasteiger partial charge in [0.05, 0.1) is 9.79 Å². The van der Waals surface area contributed by atoms with Gasteiger partial charge in [-0.1, -0.05) is 31.2 Å². The van der Waals surface area contributed by atoms with E-state index in [0.29, 0.717) is 0 Å². The van der Waals surface area contributed by atoms with Crippen molar-refractivity contribution in [2.45, 2.75) is 42.3 Å². The van der Waals surface area contributed by atoms with Gasteiger partial charge in [0, 0.05) is 0 Å². The quantitative estimate of drug-likeness (QED) is 0.705. The molecule has 25 heavy (non-hydrogen) atoms. The molecule has 0 aromatic heterocycles. The van der Waals surface area contributed by atoms with Gasteiger partial charge in [-0.3, -0.25) is 8.37 Å². The Morgan fingerprint density at radius 1 is 0.760 bits per heavy atom. The van der Waals surface area contributed by atoms with E-state index < -0.39 is 32.4 Å². The molecule has 134 valence electrons. The maximum Gasteiger partial charge on any atom is 0.297 e. The summed E-state index contributed by atoms with van der Waals surface area (Å²) in [5, 5.41) is 0. The molecule has 4 bridgehead atoms. The maximum absolute atomic E-state index is 12.4. The SMILES string of the molecule is CCC1OS(=O)(=O)c2ccc(cc2)-c2ccc(cc2)S(=O)(=O)OC1C. The summed E-state index contributed by atoms with van der Waals surface area (Å²) in [5.74, 6) is 0. The first kappa shape index (κ1) is 18.1. The molecule has 5 rings (SSSR count). The monoisotopic (exact) mass is 382 g/mol. The highest BCUT2D eigenvalue weighted by atomic mass is 32.2. The summed E-state index contributed by atoms with van der Waals surface area (Å²) < 4.78 is 60.1. The summed E-state index contributed by atoms with van der Waals surface area (Å²) >= 11 is 0. The van der Waals surface area contributed by atoms with Gasteiger partial charge < -0.3 is 0 Å². The van der Waals surface area contributed by atoms with Crippen molar-refractivity contribution < 1.29 is 25.2 Å². The fourth-order valence-corrected chi connectivity index (χ4v) is 4.94. The van der Waals surface area contributed by atoms with Gasteiger partial charge in [0.15, 0.2) is 0 Å². The largest absolute Gasteiger partial charge is 0.297 e. The van der Waals surface area contributed by atoms with Crippen LogP contribution in [0.1, 0.15) is 20.3 Å². The van der Waals surface area contributed by atoms with E-state index >= 15 is 0 Å². The molecule has 2 atom stereocenters. The Bertz CT molecular complexity index is 961. The summed E-state index contributed by atoms with van der Waals surface area (Å²) in [4.78, 5) is 0.0212. The Hall–Kier alpha value is -1.74. The highest BCUT2D eigenvalue weighted by Gasteiger charge is 2.30. The van der Waals surface area contributed by atoms with Gasteiger partial charge in [0.25, 0.3) is 20.2 Å². The third-order valence-corrected chi connectivity index (χ3v) is 6.83. The molecule has 0 aliphatic carbocycles. The molecule has 2 aromatic carbocycles. The van der Waals surface area contributed by atoms with E-state index in [0.717, 1.165) is 11.1 Å². The molecule has 2 aromatic rings. The van der Waals surface area contributed by atoms with E-state index in [1.54, 1.807) is 31.2 Å². The fourth-order valence-electron chi connectivity index (χ4n) is 2.64. The van der Waals surface area contributed by atoms with Gasteiger partial charge in [-0.15, -0.1) is 0 Å². The molecular weight excluding hydrogens is 364 g/mol. The summed E-state index contributed by atoms with van der Waals surface area (Å²) in [6.07, 6.45) is -1.62. The van der Waals surface area contributed by atoms with Crippen LogP contribution in [0.5, 0.6) is 0 Å². The van der Waals surface area contributed by atoms with E-state index in [1.807, 2.05) is 0 Å². The van der Waals surface area contributed by atoms with Crippen LogP contribution in [0.4, 0.5) is 0 Å². The van der Waals surface area contributed by atoms with Crippen molar-refractivity contribution in [2.75, 3.05) is 0 Å². The zero-order valence-electron chi connectivity index (χ0n) is 13.7. The van der Waals surface area contributed by atoms with Crippen LogP contribution in [0, 0.1) is 0 Å². The number of fused-ring (bicyclic) bond motifs is 2. The lowest BCUT2D eigenvalue weighted by molar-refractivity contribution is 0.0720. The van der Waals surface area contributed by atoms with E-state index in [-0.39, 0.29) is 16.2 Å². The van der Waals surface area contributed by atoms with Crippen molar-refractivity contribution in [1.82, 2.24) is 0 Å². The van der Waals surface area contributed by atoms with Crippen molar-refractivity contribution in [1.29, 1.82) is 0 Å². The Morgan fingerprint density at radius 3 is 1.56 bits per heavy atom. The van der Waals surface area contributed by atoms with Gasteiger partial charge in [-0.05, 0) is 48.7 Å². The standard InChI is InChI=1S/C17H18O6S2/c1-3-17-12(2)22-24(18,19)15-8-4-13(5-9-15)14-6-10-16(11-7-14)25(20,21)23-17/h4-12,17H,3H2,1-2H3. The minimum atomic E-state index is -4.03. The minimum absolute atomic E-state index is 0.00879. The lowest BCUT2D eigenvalue weighted by atomic mass is 10.1. The van der Waals surface area contributed by atoms with Crippen molar-refractivity contribution in [2.24, 2.45) is 0 Å². The summed E-state index contributed by atoms with van der Waals surface area (Å²) in [7, 11) is -8.05. The summed E-state index contributed by atoms with van der Waals surface area (Å²) in [6.45, 7) is 3.18. The van der Waals surface area contributed by atoms with Gasteiger partial charge in [-0.25, -0.2) is 0 Å². The number of hydrogen-bond acceptors (Lipinski definition) is 6. The Morgan fingerprint density at radius 2 is 1.16 bits per heavy atom. The van der Waals surface area contributed by atoms with Crippen molar-refractivity contribution >= 4 is 20.2 Å². The first-order chi connectivity index (χ1) is 11.7. The van der Waals surface area contributed by atoms with Gasteiger partial charge in [0.2, 0.25) is 0 Å². The summed E-state index contributed by atoms with van der Waals surface area (Å²) in [5.41, 5.74) is 1.53. The Kier molecular flexibility index (Phi) is 4.72. The molecule has 0 saturated carbocycles. The van der Waals surface area contributed by atoms with E-state index in [9.17, 15) is 16.8 Å². The Labute approximate surface area is 147 Å². The first-order valence-electron chi connectivity index (χ1n) is 7.80. The molecule has 6 nitrogen and oxygen atoms in total. The third-order valence-electron chi connectivity index (χ3n) is 4.07. The molecule has 8 heteroatoms. The van der Waals surface area contributed by atoms with Gasteiger partial charge in [-0.2, -0.15) is 16.8 Å². The van der Waals surface area contributed by atoms with Gasteiger partial charge >= 0.3 is 0 Å². The second-order valence-electron chi connectivity index (χ2n) is 5.80. The summed E-state index contributed by atoms with van der Waals surface area (Å²) in [6, 6.07) is 12.5. The average Bonchev–Trinajstić information content (AvgIpc) is 2.59. The lowest BCUT2D eigenvalue weighted by Gasteiger charge is -2.23. The van der Waals surface area contributed by atoms with Crippen LogP contribution >= 0.6 is 0 Å². The number of rotatable bonds is 1. The molecule has 3 aliphatic heterocycles. The van der Waals surface area contributed by atoms with Crippen LogP contribution in [-0.4, -0.2) is 29.0 Å². The van der Waals surface area contributed by atoms with E-state index in [2.05, 4.69) is 0 Å². The third kappa shape index (κ3) is 3.62. The molecular formula is C17H18O6S2. The number of benzene rings is 2. The minimum Gasteiger partial charge on any atom is -0.261 e. The topological polar surface area (TPSA) is 86.7 Å². The highest BCUT2D eigenvalue weighted by molar-refractivity contribution is 7.87. The molecule has 0 spiro atoms. The molecule has 0 N–H and O–H groups in total. The van der Waals surface area contributed by atoms with Crippen molar-refractivity contribution in [3.8, 4) is 11.1 Å². The predicted octanol–water partition coefficient (Wildman–Crippen LogP) is 2.94. The van der Waals surface area contributed by atoms with Crippen LogP contribution in [0.15, 0.2) is 58.3 Å². The molecule has 0 radical (unpaired) electrons. The van der Waals surface area contributed by atoms with Crippen LogP contribution in [-0.2, 0) is 28.6 Å². The first-order valence-corrected chi connectivity index (χ1v) is 10.6. The molecule has 3 aliphatic rings. The molecule has 0 amide bonds. The lowest BCUT2D eigenvalue weighted by Crippen LogP contribution is -2.32. The predicted molar refractivity (Wildman–Crippen MR) is 92.0 cm³/mol. The maximum atomic E-state index is 12.4. The Balaban J connectivity index is 2.18. The van der Waals surface area contributed by atoms with Crippen molar-refractivity contribution in [3.63, 3.8) is 0 Å². The van der Waals surface area contributed by atoms with Crippen LogP contribution in [0.2, 0.25) is 0 Å². The van der Waals surface area contributed by atoms with Gasteiger partial charge in [0.1, 0.15) is 12.2 Å². The van der Waals surface area contributed by atoms with E-state index in [4.69, 9.17) is 8.37 Å². The van der Waals surface area contributed by atoms with Crippen LogP contribution in [0.25, 0.3) is 11.1 Å². The second kappa shape index (κ2) is 6.53. The highest BCUT2D eigenvalue weighted by Crippen LogP contribution is 2.27. The molecule has 2 unspecified atom stereocenters. The normalized spacial score (nSPS) is 24.7. The van der Waals surface area contributed by atoms with Crippen LogP contribution in [0.3, 0.4) is 0 Å². The average molecular weight is 382 g/mol. The van der Waals surface area contributed by atoms with Crippen molar-refractivity contribution in [3.05, 3.63) is 48.5 Å². The van der Waals surface area contributed by atoms with E-state index in [1.165, 1.54) is 31.2 Å². The second-order valence-corrected chi connectivity index (χ2v) is 8.95. The zero-order chi connectivity index (χ0) is 18.2.